The lowest BCUT2D eigenvalue weighted by Crippen LogP contribution is -2.63. The predicted octanol–water partition coefficient (Wildman–Crippen LogP) is 3.68. The molecule has 2 saturated heterocycles. The minimum atomic E-state index is -7.43. The Labute approximate surface area is 261 Å². The van der Waals surface area contributed by atoms with Crippen LogP contribution in [0.5, 0.6) is 0 Å². The zero-order chi connectivity index (χ0) is 38.8. The van der Waals surface area contributed by atoms with Crippen molar-refractivity contribution < 1.29 is 119 Å². The average molecular weight is 835 g/mol. The van der Waals surface area contributed by atoms with E-state index >= 15 is 0 Å². The van der Waals surface area contributed by atoms with E-state index in [0.29, 0.717) is 5.78 Å². The first-order valence-electron chi connectivity index (χ1n) is 11.1. The van der Waals surface area contributed by atoms with Crippen LogP contribution in [0.25, 0.3) is 0 Å². The summed E-state index contributed by atoms with van der Waals surface area (Å²) >= 11 is 0. The smallest absolute Gasteiger partial charge is 0.460 e. The van der Waals surface area contributed by atoms with Gasteiger partial charge in [-0.2, -0.15) is 79.0 Å². The second kappa shape index (κ2) is 15.2. The first-order chi connectivity index (χ1) is 20.8. The maximum Gasteiger partial charge on any atom is 0.460 e. The SMILES string of the molecule is O=C(C[S+]1CCOC1)C[S+]1CCOC1.O=S(=O)([O-])C(F)(F)C(F)(F)C(F)(F)C(F)(F)F.O=S(=O)([O-])C(F)(F)C(F)(F)C(F)(F)C(F)(F)F. The molecule has 2 unspecified atom stereocenters. The molecule has 0 radical (unpaired) electrons. The molecule has 2 aliphatic rings. The number of ether oxygens (including phenoxy) is 2. The number of carbonyl (C=O) groups is 1. The number of alkyl halides is 18. The van der Waals surface area contributed by atoms with Crippen molar-refractivity contribution in [1.29, 1.82) is 0 Å². The van der Waals surface area contributed by atoms with E-state index in [4.69, 9.17) is 9.47 Å². The van der Waals surface area contributed by atoms with Crippen LogP contribution in [0.1, 0.15) is 0 Å². The third-order valence-corrected chi connectivity index (χ3v) is 10.8. The maximum atomic E-state index is 12.2. The van der Waals surface area contributed by atoms with Crippen molar-refractivity contribution >= 4 is 47.8 Å². The number of rotatable bonds is 10. The fraction of sp³-hybridized carbons (Fsp3) is 0.941. The molecule has 0 amide bonds. The lowest BCUT2D eigenvalue weighted by atomic mass is 10.1. The van der Waals surface area contributed by atoms with Crippen molar-refractivity contribution in [3.8, 4) is 0 Å². The zero-order valence-electron chi connectivity index (χ0n) is 22.3. The Morgan fingerprint density at radius 3 is 0.938 bits per heavy atom. The van der Waals surface area contributed by atoms with E-state index in [0.717, 1.165) is 48.1 Å². The topological polar surface area (TPSA) is 150 Å². The minimum Gasteiger partial charge on any atom is -0.743 e. The molecule has 2 rings (SSSR count). The molecule has 0 aromatic rings. The average Bonchev–Trinajstić information content (AvgIpc) is 3.56. The minimum absolute atomic E-state index is 0.234. The molecule has 2 fully saturated rings. The number of carbonyl (C=O) groups excluding carboxylic acids is 1. The van der Waals surface area contributed by atoms with Crippen molar-refractivity contribution in [2.45, 2.75) is 46.6 Å². The zero-order valence-corrected chi connectivity index (χ0v) is 25.5. The van der Waals surface area contributed by atoms with Gasteiger partial charge in [0.25, 0.3) is 0 Å². The van der Waals surface area contributed by atoms with Gasteiger partial charge in [0.15, 0.2) is 31.7 Å². The Bertz CT molecular complexity index is 1210. The van der Waals surface area contributed by atoms with Crippen LogP contribution >= 0.6 is 0 Å². The van der Waals surface area contributed by atoms with Crippen LogP contribution in [0.2, 0.25) is 0 Å². The summed E-state index contributed by atoms with van der Waals surface area (Å²) in [5.74, 6) is -23.9. The molecule has 2 aliphatic heterocycles. The van der Waals surface area contributed by atoms with Gasteiger partial charge < -0.3 is 18.6 Å². The second-order valence-electron chi connectivity index (χ2n) is 8.75. The summed E-state index contributed by atoms with van der Waals surface area (Å²) in [5.41, 5.74) is 0. The second-order valence-corrected chi connectivity index (χ2v) is 15.9. The van der Waals surface area contributed by atoms with Crippen molar-refractivity contribution in [1.82, 2.24) is 0 Å². The fourth-order valence-electron chi connectivity index (χ4n) is 2.59. The Kier molecular flexibility index (Phi) is 14.9. The van der Waals surface area contributed by atoms with Crippen LogP contribution in [-0.4, -0.2) is 126 Å². The van der Waals surface area contributed by atoms with Crippen LogP contribution in [0.3, 0.4) is 0 Å². The standard InChI is InChI=1S/C9H16O3S2.2C4HF9O3S/c10-9(5-13-3-1-11-7-13)6-14-4-2-12-8-14;2*5-1(6,3(9,10)11)2(7,8)4(12,13)17(14,15)16/h1-8H2;2*(H,14,15,16)/q+2;;/p-2. The van der Waals surface area contributed by atoms with Gasteiger partial charge in [0.2, 0.25) is 17.7 Å². The number of hydrogen-bond acceptors (Lipinski definition) is 9. The molecule has 0 aromatic heterocycles. The van der Waals surface area contributed by atoms with E-state index in [1.54, 1.807) is 0 Å². The first kappa shape index (κ1) is 46.9. The molecule has 0 N–H and O–H groups in total. The van der Waals surface area contributed by atoms with Gasteiger partial charge in [0.05, 0.1) is 13.2 Å². The van der Waals surface area contributed by atoms with E-state index in [-0.39, 0.29) is 21.8 Å². The summed E-state index contributed by atoms with van der Waals surface area (Å²) in [4.78, 5) is 11.7. The lowest BCUT2D eigenvalue weighted by Gasteiger charge is -2.34. The first-order valence-corrected chi connectivity index (χ1v) is 17.4. The molecule has 0 bridgehead atoms. The normalized spacial score (nSPS) is 20.8. The summed E-state index contributed by atoms with van der Waals surface area (Å²) in [6.07, 6.45) is -14.3. The largest absolute Gasteiger partial charge is 0.743 e. The number of hydrogen-bond donors (Lipinski definition) is 0. The predicted molar refractivity (Wildman–Crippen MR) is 122 cm³/mol. The highest BCUT2D eigenvalue weighted by Gasteiger charge is 2.85. The van der Waals surface area contributed by atoms with Crippen molar-refractivity contribution in [2.75, 3.05) is 48.1 Å². The Hall–Kier alpha value is -1.15. The van der Waals surface area contributed by atoms with E-state index in [2.05, 4.69) is 0 Å². The molecule has 9 nitrogen and oxygen atoms in total. The number of halogens is 18. The van der Waals surface area contributed by atoms with Gasteiger partial charge in [0, 0.05) is 21.8 Å². The third-order valence-electron chi connectivity index (χ3n) is 5.12. The molecule has 2 atom stereocenters. The Morgan fingerprint density at radius 2 is 0.771 bits per heavy atom. The van der Waals surface area contributed by atoms with E-state index in [1.165, 1.54) is 0 Å². The van der Waals surface area contributed by atoms with Crippen molar-refractivity contribution in [3.63, 3.8) is 0 Å². The molecule has 0 spiro atoms. The van der Waals surface area contributed by atoms with Crippen LogP contribution in [0.15, 0.2) is 0 Å². The van der Waals surface area contributed by atoms with Crippen LogP contribution in [0.4, 0.5) is 79.0 Å². The summed E-state index contributed by atoms with van der Waals surface area (Å²) in [7, 11) is -14.4. The highest BCUT2D eigenvalue weighted by atomic mass is 32.2. The molecule has 0 aromatic carbocycles. The van der Waals surface area contributed by atoms with E-state index < -0.39 is 66.8 Å². The van der Waals surface area contributed by atoms with Gasteiger partial charge in [-0.25, -0.2) is 16.8 Å². The van der Waals surface area contributed by atoms with Gasteiger partial charge in [-0.05, 0) is 0 Å². The van der Waals surface area contributed by atoms with Gasteiger partial charge in [0.1, 0.15) is 11.5 Å². The van der Waals surface area contributed by atoms with Crippen molar-refractivity contribution in [3.05, 3.63) is 0 Å². The Balaban J connectivity index is 0.000000693. The highest BCUT2D eigenvalue weighted by Crippen LogP contribution is 2.55. The maximum absolute atomic E-state index is 12.2. The Morgan fingerprint density at radius 1 is 0.521 bits per heavy atom. The van der Waals surface area contributed by atoms with Crippen molar-refractivity contribution in [2.24, 2.45) is 0 Å². The molecule has 0 saturated carbocycles. The van der Waals surface area contributed by atoms with Crippen LogP contribution < -0.4 is 0 Å². The fourth-order valence-corrected chi connectivity index (χ4v) is 6.82. The highest BCUT2D eigenvalue weighted by molar-refractivity contribution is 7.99. The molecule has 31 heteroatoms. The van der Waals surface area contributed by atoms with Gasteiger partial charge in [-0.1, -0.05) is 0 Å². The summed E-state index contributed by atoms with van der Waals surface area (Å²) in [6, 6.07) is 0. The van der Waals surface area contributed by atoms with Gasteiger partial charge >= 0.3 is 46.6 Å². The van der Waals surface area contributed by atoms with Gasteiger partial charge in [-0.15, -0.1) is 0 Å². The third kappa shape index (κ3) is 10.0. The molecule has 2 heterocycles. The monoisotopic (exact) mass is 834 g/mol. The molecule has 48 heavy (non-hydrogen) atoms. The molecule has 288 valence electrons. The number of ketones is 1. The quantitative estimate of drug-likeness (QED) is 0.183. The summed E-state index contributed by atoms with van der Waals surface area (Å²) in [5, 5.41) is -14.2. The van der Waals surface area contributed by atoms with E-state index in [1.807, 2.05) is 0 Å². The van der Waals surface area contributed by atoms with Crippen LogP contribution in [-0.2, 0) is 56.3 Å². The van der Waals surface area contributed by atoms with E-state index in [9.17, 15) is 110 Å². The molecular formula is C17H16F18O9S4. The summed E-state index contributed by atoms with van der Waals surface area (Å²) in [6.45, 7) is 1.70. The molecular weight excluding hydrogens is 818 g/mol. The molecule has 0 aliphatic carbocycles. The lowest BCUT2D eigenvalue weighted by molar-refractivity contribution is -0.382. The number of Topliss-reactive ketones (excluding diaryl/α,β-unsaturated/α-hetero) is 1. The van der Waals surface area contributed by atoms with Gasteiger partial charge in [-0.3, -0.25) is 4.79 Å². The van der Waals surface area contributed by atoms with Crippen LogP contribution in [0, 0.1) is 0 Å². The summed E-state index contributed by atoms with van der Waals surface area (Å²) < 4.78 is 281.